The second-order valence-electron chi connectivity index (χ2n) is 9.12. The molecule has 35 heavy (non-hydrogen) atoms. The number of rotatable bonds is 7. The first-order chi connectivity index (χ1) is 16.6. The number of fused-ring (bicyclic) bond motifs is 1. The van der Waals surface area contributed by atoms with Gasteiger partial charge in [-0.15, -0.1) is 0 Å². The molecule has 0 aromatic heterocycles. The van der Waals surface area contributed by atoms with Gasteiger partial charge in [-0.2, -0.15) is 4.31 Å². The lowest BCUT2D eigenvalue weighted by atomic mass is 10.00. The highest BCUT2D eigenvalue weighted by Crippen LogP contribution is 2.42. The van der Waals surface area contributed by atoms with Crippen LogP contribution in [0.3, 0.4) is 0 Å². The summed E-state index contributed by atoms with van der Waals surface area (Å²) in [5, 5.41) is 0. The van der Waals surface area contributed by atoms with Crippen molar-refractivity contribution >= 4 is 33.2 Å². The van der Waals surface area contributed by atoms with Crippen LogP contribution in [0.5, 0.6) is 5.75 Å². The van der Waals surface area contributed by atoms with Crippen LogP contribution < -0.4 is 14.5 Å². The first kappa shape index (κ1) is 25.2. The summed E-state index contributed by atoms with van der Waals surface area (Å²) in [5.41, 5.74) is 2.82. The van der Waals surface area contributed by atoms with Crippen LogP contribution >= 0.6 is 0 Å². The summed E-state index contributed by atoms with van der Waals surface area (Å²) in [7, 11) is -2.30. The number of carbonyl (C=O) groups excluding carboxylic acids is 2. The molecule has 0 N–H and O–H groups in total. The maximum absolute atomic E-state index is 13.3. The Morgan fingerprint density at radius 3 is 2.23 bits per heavy atom. The number of anilines is 2. The summed E-state index contributed by atoms with van der Waals surface area (Å²) in [6.07, 6.45) is 1.78. The smallest absolute Gasteiger partial charge is 0.246 e. The van der Waals surface area contributed by atoms with Gasteiger partial charge in [-0.05, 0) is 55.2 Å². The number of sulfonamides is 1. The minimum Gasteiger partial charge on any atom is -0.495 e. The third-order valence-electron chi connectivity index (χ3n) is 6.77. The normalized spacial score (nSPS) is 17.9. The van der Waals surface area contributed by atoms with Gasteiger partial charge in [-0.3, -0.25) is 9.59 Å². The molecule has 0 saturated heterocycles. The van der Waals surface area contributed by atoms with Crippen molar-refractivity contribution < 1.29 is 22.7 Å². The number of carbonyl (C=O) groups is 2. The highest BCUT2D eigenvalue weighted by molar-refractivity contribution is 7.89. The predicted molar refractivity (Wildman–Crippen MR) is 136 cm³/mol. The average molecular weight is 500 g/mol. The van der Waals surface area contributed by atoms with E-state index in [4.69, 9.17) is 4.74 Å². The van der Waals surface area contributed by atoms with Crippen LogP contribution in [0.4, 0.5) is 11.4 Å². The molecule has 2 aromatic carbocycles. The van der Waals surface area contributed by atoms with Gasteiger partial charge in [-0.25, -0.2) is 8.42 Å². The molecule has 2 aliphatic rings. The lowest BCUT2D eigenvalue weighted by Gasteiger charge is -2.41. The molecular formula is C26H33N3O5S. The lowest BCUT2D eigenvalue weighted by molar-refractivity contribution is -0.120. The van der Waals surface area contributed by atoms with Crippen molar-refractivity contribution in [3.63, 3.8) is 0 Å². The summed E-state index contributed by atoms with van der Waals surface area (Å²) < 4.78 is 33.4. The van der Waals surface area contributed by atoms with Gasteiger partial charge in [0.05, 0.1) is 24.5 Å². The number of benzene rings is 2. The van der Waals surface area contributed by atoms with Crippen LogP contribution in [-0.2, 0) is 19.6 Å². The Balaban J connectivity index is 1.84. The number of ether oxygens (including phenoxy) is 1. The monoisotopic (exact) mass is 499 g/mol. The summed E-state index contributed by atoms with van der Waals surface area (Å²) >= 11 is 0. The second kappa shape index (κ2) is 9.62. The van der Waals surface area contributed by atoms with Crippen molar-refractivity contribution in [1.29, 1.82) is 0 Å². The van der Waals surface area contributed by atoms with Crippen molar-refractivity contribution in [1.82, 2.24) is 4.31 Å². The topological polar surface area (TPSA) is 87.2 Å². The molecule has 1 heterocycles. The van der Waals surface area contributed by atoms with Crippen molar-refractivity contribution in [2.75, 3.05) is 36.5 Å². The minimum atomic E-state index is -3.76. The Hall–Kier alpha value is -2.91. The van der Waals surface area contributed by atoms with Crippen molar-refractivity contribution in [3.05, 3.63) is 36.4 Å². The molecular weight excluding hydrogens is 466 g/mol. The van der Waals surface area contributed by atoms with Crippen molar-refractivity contribution in [3.8, 4) is 16.9 Å². The first-order valence-electron chi connectivity index (χ1n) is 12.1. The van der Waals surface area contributed by atoms with Crippen molar-refractivity contribution in [2.24, 2.45) is 5.92 Å². The van der Waals surface area contributed by atoms with Gasteiger partial charge in [0.2, 0.25) is 21.8 Å². The quantitative estimate of drug-likeness (QED) is 0.577. The van der Waals surface area contributed by atoms with E-state index in [0.717, 1.165) is 18.4 Å². The molecule has 0 spiro atoms. The Morgan fingerprint density at radius 2 is 1.66 bits per heavy atom. The molecule has 2 amide bonds. The van der Waals surface area contributed by atoms with E-state index in [-0.39, 0.29) is 34.4 Å². The van der Waals surface area contributed by atoms with Crippen LogP contribution in [0.15, 0.2) is 41.3 Å². The van der Waals surface area contributed by atoms with Crippen LogP contribution in [0, 0.1) is 5.92 Å². The third-order valence-corrected chi connectivity index (χ3v) is 8.84. The lowest BCUT2D eigenvalue weighted by Crippen LogP contribution is -2.51. The maximum Gasteiger partial charge on any atom is 0.246 e. The van der Waals surface area contributed by atoms with E-state index >= 15 is 0 Å². The molecule has 8 nitrogen and oxygen atoms in total. The Bertz CT molecular complexity index is 1250. The van der Waals surface area contributed by atoms with E-state index in [1.807, 2.05) is 31.2 Å². The fourth-order valence-corrected chi connectivity index (χ4v) is 6.44. The van der Waals surface area contributed by atoms with Gasteiger partial charge >= 0.3 is 0 Å². The zero-order valence-electron chi connectivity index (χ0n) is 20.9. The molecule has 9 heteroatoms. The van der Waals surface area contributed by atoms with Crippen LogP contribution in [-0.4, -0.2) is 57.3 Å². The fraction of sp³-hybridized carbons (Fsp3) is 0.462. The summed E-state index contributed by atoms with van der Waals surface area (Å²) in [6.45, 7) is 8.20. The van der Waals surface area contributed by atoms with Gasteiger partial charge in [0, 0.05) is 32.5 Å². The van der Waals surface area contributed by atoms with Crippen LogP contribution in [0.1, 0.15) is 40.5 Å². The summed E-state index contributed by atoms with van der Waals surface area (Å²) in [5.74, 6) is 0.315. The van der Waals surface area contributed by atoms with E-state index in [1.165, 1.54) is 18.3 Å². The molecule has 0 unspecified atom stereocenters. The number of methoxy groups -OCH3 is 1. The van der Waals surface area contributed by atoms with E-state index < -0.39 is 10.0 Å². The first-order valence-corrected chi connectivity index (χ1v) is 13.5. The van der Waals surface area contributed by atoms with E-state index in [0.29, 0.717) is 36.6 Å². The van der Waals surface area contributed by atoms with Gasteiger partial charge in [0.1, 0.15) is 10.6 Å². The summed E-state index contributed by atoms with van der Waals surface area (Å²) in [6, 6.07) is 10.5. The number of hydrogen-bond acceptors (Lipinski definition) is 5. The number of nitrogens with zero attached hydrogens (tertiary/aromatic N) is 3. The highest BCUT2D eigenvalue weighted by Gasteiger charge is 2.39. The largest absolute Gasteiger partial charge is 0.495 e. The van der Waals surface area contributed by atoms with Crippen LogP contribution in [0.2, 0.25) is 0 Å². The second-order valence-corrected chi connectivity index (χ2v) is 11.0. The zero-order valence-corrected chi connectivity index (χ0v) is 21.8. The minimum absolute atomic E-state index is 0.0365. The molecule has 1 aliphatic heterocycles. The third kappa shape index (κ3) is 4.54. The van der Waals surface area contributed by atoms with Crippen LogP contribution in [0.25, 0.3) is 11.1 Å². The molecule has 188 valence electrons. The molecule has 0 radical (unpaired) electrons. The molecule has 1 saturated carbocycles. The van der Waals surface area contributed by atoms with E-state index in [9.17, 15) is 18.0 Å². The molecule has 1 aliphatic carbocycles. The Morgan fingerprint density at radius 1 is 1.03 bits per heavy atom. The van der Waals surface area contributed by atoms with Gasteiger partial charge in [0.25, 0.3) is 0 Å². The maximum atomic E-state index is 13.3. The fourth-order valence-electron chi connectivity index (χ4n) is 4.80. The predicted octanol–water partition coefficient (Wildman–Crippen LogP) is 3.89. The molecule has 4 rings (SSSR count). The van der Waals surface area contributed by atoms with E-state index in [1.54, 1.807) is 35.8 Å². The number of hydrogen-bond donors (Lipinski definition) is 0. The van der Waals surface area contributed by atoms with Gasteiger partial charge < -0.3 is 14.5 Å². The van der Waals surface area contributed by atoms with Gasteiger partial charge in [0.15, 0.2) is 0 Å². The standard InChI is InChI=1S/C26H33N3O5S/c1-6-27(7-2)35(32,33)25-15-21(11-13-24(25)34-5)20-10-12-22-23(14-20)28(26(31)19-8-9-19)16-17(3)29(22)18(4)30/h10-15,17,19H,6-9,16H2,1-5H3/t17-/m0/s1. The Kier molecular flexibility index (Phi) is 6.92. The average Bonchev–Trinajstić information content (AvgIpc) is 3.68. The molecule has 1 atom stereocenters. The van der Waals surface area contributed by atoms with E-state index in [2.05, 4.69) is 0 Å². The molecule has 2 aromatic rings. The molecule has 1 fully saturated rings. The Labute approximate surface area is 207 Å². The zero-order chi connectivity index (χ0) is 25.5. The summed E-state index contributed by atoms with van der Waals surface area (Å²) in [4.78, 5) is 29.2. The highest BCUT2D eigenvalue weighted by atomic mass is 32.2. The molecule has 0 bridgehead atoms. The van der Waals surface area contributed by atoms with Crippen molar-refractivity contribution in [2.45, 2.75) is 51.5 Å². The number of amides is 2. The van der Waals surface area contributed by atoms with Gasteiger partial charge in [-0.1, -0.05) is 26.0 Å². The SMILES string of the molecule is CCN(CC)S(=O)(=O)c1cc(-c2ccc3c(c2)N(C(=O)C2CC2)C[C@H](C)N3C(C)=O)ccc1OC.